The normalized spacial score (nSPS) is 24.0. The van der Waals surface area contributed by atoms with Gasteiger partial charge in [0.15, 0.2) is 0 Å². The number of benzene rings is 1. The molecule has 2 aliphatic carbocycles. The van der Waals surface area contributed by atoms with Crippen LogP contribution in [0.15, 0.2) is 36.5 Å². The van der Waals surface area contributed by atoms with Crippen LogP contribution in [0.1, 0.15) is 62.8 Å². The molecule has 0 saturated heterocycles. The summed E-state index contributed by atoms with van der Waals surface area (Å²) in [6.07, 6.45) is 5.23. The van der Waals surface area contributed by atoms with Gasteiger partial charge in [-0.1, -0.05) is 30.3 Å². The molecule has 1 aliphatic heterocycles. The van der Waals surface area contributed by atoms with Crippen LogP contribution in [-0.2, 0) is 24.9 Å². The van der Waals surface area contributed by atoms with Gasteiger partial charge in [-0.15, -0.1) is 0 Å². The van der Waals surface area contributed by atoms with Crippen LogP contribution in [0.25, 0.3) is 0 Å². The maximum absolute atomic E-state index is 13.2. The lowest BCUT2D eigenvalue weighted by atomic mass is 10.1. The largest absolute Gasteiger partial charge is 0.444 e. The molecule has 0 spiro atoms. The molecule has 1 aromatic carbocycles. The first-order chi connectivity index (χ1) is 14.7. The van der Waals surface area contributed by atoms with Crippen LogP contribution in [0.4, 0.5) is 4.79 Å². The minimum Gasteiger partial charge on any atom is -0.444 e. The third-order valence-electron chi connectivity index (χ3n) is 6.95. The van der Waals surface area contributed by atoms with Crippen LogP contribution in [0.2, 0.25) is 0 Å². The molecule has 1 aromatic heterocycles. The van der Waals surface area contributed by atoms with Crippen LogP contribution >= 0.6 is 0 Å². The van der Waals surface area contributed by atoms with Gasteiger partial charge in [0.1, 0.15) is 5.60 Å². The fraction of sp³-hybridized carbons (Fsp3) is 0.600. The van der Waals surface area contributed by atoms with Crippen LogP contribution in [0.5, 0.6) is 0 Å². The van der Waals surface area contributed by atoms with E-state index in [2.05, 4.69) is 45.2 Å². The summed E-state index contributed by atoms with van der Waals surface area (Å²) in [6.45, 7) is 9.60. The SMILES string of the molecule is Cn1ncc2c1CN(CC1(CN(C(=O)OC(C)(C)C)[C@H]3CC3c3ccccc3)CC1)C2. The summed E-state index contributed by atoms with van der Waals surface area (Å²) in [4.78, 5) is 17.8. The smallest absolute Gasteiger partial charge is 0.410 e. The third kappa shape index (κ3) is 4.36. The molecule has 1 unspecified atom stereocenters. The molecule has 3 aliphatic rings. The second-order valence-electron chi connectivity index (χ2n) is 10.8. The summed E-state index contributed by atoms with van der Waals surface area (Å²) in [6, 6.07) is 10.8. The van der Waals surface area contributed by atoms with E-state index >= 15 is 0 Å². The lowest BCUT2D eigenvalue weighted by Crippen LogP contribution is -2.44. The van der Waals surface area contributed by atoms with E-state index < -0.39 is 5.60 Å². The predicted octanol–water partition coefficient (Wildman–Crippen LogP) is 4.31. The Morgan fingerprint density at radius 3 is 2.61 bits per heavy atom. The fourth-order valence-electron chi connectivity index (χ4n) is 5.07. The summed E-state index contributed by atoms with van der Waals surface area (Å²) < 4.78 is 7.84. The van der Waals surface area contributed by atoms with Crippen molar-refractivity contribution < 1.29 is 9.53 Å². The number of ether oxygens (including phenoxy) is 1. The molecule has 31 heavy (non-hydrogen) atoms. The molecule has 5 rings (SSSR count). The Morgan fingerprint density at radius 2 is 1.97 bits per heavy atom. The first-order valence-electron chi connectivity index (χ1n) is 11.5. The first-order valence-corrected chi connectivity index (χ1v) is 11.5. The van der Waals surface area contributed by atoms with Crippen molar-refractivity contribution >= 4 is 6.09 Å². The monoisotopic (exact) mass is 422 g/mol. The highest BCUT2D eigenvalue weighted by Crippen LogP contribution is 2.52. The molecule has 2 heterocycles. The van der Waals surface area contributed by atoms with Gasteiger partial charge in [0.2, 0.25) is 0 Å². The first kappa shape index (κ1) is 20.6. The maximum atomic E-state index is 13.2. The lowest BCUT2D eigenvalue weighted by molar-refractivity contribution is 0.0169. The highest BCUT2D eigenvalue weighted by molar-refractivity contribution is 5.69. The summed E-state index contributed by atoms with van der Waals surface area (Å²) in [7, 11) is 2.02. The van der Waals surface area contributed by atoms with Crippen molar-refractivity contribution in [3.05, 3.63) is 53.3 Å². The molecule has 2 aromatic rings. The maximum Gasteiger partial charge on any atom is 0.410 e. The molecule has 2 saturated carbocycles. The van der Waals surface area contributed by atoms with Crippen molar-refractivity contribution in [3.63, 3.8) is 0 Å². The lowest BCUT2D eigenvalue weighted by Gasteiger charge is -2.32. The van der Waals surface area contributed by atoms with Crippen LogP contribution in [0.3, 0.4) is 0 Å². The van der Waals surface area contributed by atoms with E-state index in [1.54, 1.807) is 0 Å². The van der Waals surface area contributed by atoms with Crippen molar-refractivity contribution in [1.82, 2.24) is 19.6 Å². The second kappa shape index (κ2) is 7.37. The molecule has 166 valence electrons. The number of aromatic nitrogens is 2. The number of hydrogen-bond acceptors (Lipinski definition) is 4. The number of fused-ring (bicyclic) bond motifs is 1. The van der Waals surface area contributed by atoms with Gasteiger partial charge >= 0.3 is 6.09 Å². The van der Waals surface area contributed by atoms with Crippen molar-refractivity contribution in [2.75, 3.05) is 13.1 Å². The van der Waals surface area contributed by atoms with E-state index in [-0.39, 0.29) is 17.6 Å². The average Bonchev–Trinajstić information content (AvgIpc) is 3.58. The van der Waals surface area contributed by atoms with Gasteiger partial charge in [0, 0.05) is 56.2 Å². The molecule has 0 radical (unpaired) electrons. The van der Waals surface area contributed by atoms with E-state index in [9.17, 15) is 4.79 Å². The minimum absolute atomic E-state index is 0.156. The molecule has 6 heteroatoms. The quantitative estimate of drug-likeness (QED) is 0.696. The molecule has 1 amide bonds. The van der Waals surface area contributed by atoms with Gasteiger partial charge in [0.25, 0.3) is 0 Å². The van der Waals surface area contributed by atoms with Gasteiger partial charge in [-0.2, -0.15) is 5.10 Å². The van der Waals surface area contributed by atoms with Crippen molar-refractivity contribution in [3.8, 4) is 0 Å². The Hall–Kier alpha value is -2.34. The summed E-state index contributed by atoms with van der Waals surface area (Å²) >= 11 is 0. The number of aryl methyl sites for hydroxylation is 1. The third-order valence-corrected chi connectivity index (χ3v) is 6.95. The van der Waals surface area contributed by atoms with Crippen molar-refractivity contribution in [2.45, 2.75) is 70.7 Å². The number of hydrogen-bond donors (Lipinski definition) is 0. The number of nitrogens with zero attached hydrogens (tertiary/aromatic N) is 4. The van der Waals surface area contributed by atoms with Gasteiger partial charge in [0.05, 0.1) is 11.9 Å². The Labute approximate surface area is 185 Å². The zero-order valence-electron chi connectivity index (χ0n) is 19.2. The van der Waals surface area contributed by atoms with Crippen molar-refractivity contribution in [2.24, 2.45) is 12.5 Å². The summed E-state index contributed by atoms with van der Waals surface area (Å²) in [5.74, 6) is 0.423. The predicted molar refractivity (Wildman–Crippen MR) is 120 cm³/mol. The van der Waals surface area contributed by atoms with E-state index in [0.29, 0.717) is 5.92 Å². The number of rotatable bonds is 6. The van der Waals surface area contributed by atoms with Gasteiger partial charge < -0.3 is 9.64 Å². The number of carbonyl (C=O) groups excluding carboxylic acids is 1. The van der Waals surface area contributed by atoms with E-state index in [1.807, 2.05) is 38.7 Å². The molecular weight excluding hydrogens is 388 g/mol. The second-order valence-corrected chi connectivity index (χ2v) is 10.8. The topological polar surface area (TPSA) is 50.6 Å². The molecule has 2 fully saturated rings. The summed E-state index contributed by atoms with van der Waals surface area (Å²) in [5.41, 5.74) is 3.70. The molecule has 0 bridgehead atoms. The molecule has 0 N–H and O–H groups in total. The van der Waals surface area contributed by atoms with Gasteiger partial charge in [-0.05, 0) is 45.6 Å². The van der Waals surface area contributed by atoms with Gasteiger partial charge in [-0.3, -0.25) is 9.58 Å². The Kier molecular flexibility index (Phi) is 4.88. The van der Waals surface area contributed by atoms with Crippen LogP contribution in [0, 0.1) is 5.41 Å². The zero-order valence-corrected chi connectivity index (χ0v) is 19.2. The highest BCUT2D eigenvalue weighted by atomic mass is 16.6. The van der Waals surface area contributed by atoms with Crippen LogP contribution < -0.4 is 0 Å². The Morgan fingerprint density at radius 1 is 1.23 bits per heavy atom. The minimum atomic E-state index is -0.479. The van der Waals surface area contributed by atoms with E-state index in [0.717, 1.165) is 32.6 Å². The Bertz CT molecular complexity index is 958. The average molecular weight is 423 g/mol. The highest BCUT2D eigenvalue weighted by Gasteiger charge is 2.52. The van der Waals surface area contributed by atoms with E-state index in [1.165, 1.54) is 29.7 Å². The van der Waals surface area contributed by atoms with Crippen LogP contribution in [-0.4, -0.2) is 50.4 Å². The molecule has 6 nitrogen and oxygen atoms in total. The van der Waals surface area contributed by atoms with E-state index in [4.69, 9.17) is 4.74 Å². The summed E-state index contributed by atoms with van der Waals surface area (Å²) in [5, 5.41) is 4.38. The van der Waals surface area contributed by atoms with Gasteiger partial charge in [-0.25, -0.2) is 4.79 Å². The zero-order chi connectivity index (χ0) is 21.8. The molecule has 2 atom stereocenters. The number of carbonyl (C=O) groups is 1. The van der Waals surface area contributed by atoms with Crippen molar-refractivity contribution in [1.29, 1.82) is 0 Å². The fourth-order valence-corrected chi connectivity index (χ4v) is 5.07. The molecular formula is C25H34N4O2. The standard InChI is InChI=1S/C25H34N4O2/c1-24(2,3)31-23(30)29(21-12-20(21)18-8-6-5-7-9-18)17-25(10-11-25)16-28-14-19-13-26-27(4)22(19)15-28/h5-9,13,20-21H,10-12,14-17H2,1-4H3/t20?,21-/m0/s1. The Balaban J connectivity index is 1.29. The number of amides is 1.